The molecule has 96 valence electrons. The van der Waals surface area contributed by atoms with Crippen molar-refractivity contribution in [1.29, 1.82) is 0 Å². The van der Waals surface area contributed by atoms with Gasteiger partial charge in [-0.3, -0.25) is 4.98 Å². The molecule has 4 heteroatoms. The third kappa shape index (κ3) is 1.55. The third-order valence-electron chi connectivity index (χ3n) is 3.39. The van der Waals surface area contributed by atoms with Gasteiger partial charge in [0.25, 0.3) is 0 Å². The molecule has 4 nitrogen and oxygen atoms in total. The second kappa shape index (κ2) is 4.06. The van der Waals surface area contributed by atoms with Crippen molar-refractivity contribution in [2.45, 2.75) is 0 Å². The summed E-state index contributed by atoms with van der Waals surface area (Å²) in [6.45, 7) is 0. The van der Waals surface area contributed by atoms with E-state index in [1.54, 1.807) is 6.20 Å². The quantitative estimate of drug-likeness (QED) is 0.551. The van der Waals surface area contributed by atoms with Crippen LogP contribution in [0.4, 0.5) is 0 Å². The van der Waals surface area contributed by atoms with Gasteiger partial charge in [-0.15, -0.1) is 0 Å². The van der Waals surface area contributed by atoms with Crippen LogP contribution in [0.3, 0.4) is 0 Å². The highest BCUT2D eigenvalue weighted by atomic mass is 16.3. The molecule has 0 unspecified atom stereocenters. The summed E-state index contributed by atoms with van der Waals surface area (Å²) in [7, 11) is 0. The number of aromatic hydroxyl groups is 1. The second-order valence-electron chi connectivity index (χ2n) is 4.64. The van der Waals surface area contributed by atoms with E-state index in [0.717, 1.165) is 16.4 Å². The maximum atomic E-state index is 10.4. The van der Waals surface area contributed by atoms with E-state index >= 15 is 0 Å². The Morgan fingerprint density at radius 3 is 2.75 bits per heavy atom. The lowest BCUT2D eigenvalue weighted by Gasteiger charge is -2.04. The van der Waals surface area contributed by atoms with Crippen LogP contribution in [0.2, 0.25) is 0 Å². The number of hydrogen-bond donors (Lipinski definition) is 2. The molecule has 0 radical (unpaired) electrons. The van der Waals surface area contributed by atoms with E-state index in [-0.39, 0.29) is 5.75 Å². The van der Waals surface area contributed by atoms with Gasteiger partial charge < -0.3 is 10.1 Å². The lowest BCUT2D eigenvalue weighted by atomic mass is 10.1. The highest BCUT2D eigenvalue weighted by Crippen LogP contribution is 2.33. The van der Waals surface area contributed by atoms with Crippen LogP contribution in [0, 0.1) is 0 Å². The highest BCUT2D eigenvalue weighted by Gasteiger charge is 2.12. The van der Waals surface area contributed by atoms with Crippen molar-refractivity contribution in [3.8, 4) is 17.1 Å². The van der Waals surface area contributed by atoms with Crippen molar-refractivity contribution in [3.05, 3.63) is 54.7 Å². The van der Waals surface area contributed by atoms with Crippen LogP contribution in [0.25, 0.3) is 33.3 Å². The molecule has 0 saturated heterocycles. The lowest BCUT2D eigenvalue weighted by molar-refractivity contribution is 0.482. The van der Waals surface area contributed by atoms with Crippen molar-refractivity contribution >= 4 is 21.9 Å². The Morgan fingerprint density at radius 1 is 0.950 bits per heavy atom. The van der Waals surface area contributed by atoms with Gasteiger partial charge in [-0.2, -0.15) is 0 Å². The van der Waals surface area contributed by atoms with E-state index in [1.807, 2.05) is 48.5 Å². The molecule has 0 aliphatic heterocycles. The molecule has 0 aliphatic carbocycles. The van der Waals surface area contributed by atoms with Crippen LogP contribution in [0.15, 0.2) is 54.7 Å². The summed E-state index contributed by atoms with van der Waals surface area (Å²) in [4.78, 5) is 12.0. The molecule has 2 N–H and O–H groups in total. The molecule has 0 amide bonds. The van der Waals surface area contributed by atoms with Gasteiger partial charge >= 0.3 is 0 Å². The topological polar surface area (TPSA) is 61.8 Å². The Morgan fingerprint density at radius 2 is 1.85 bits per heavy atom. The van der Waals surface area contributed by atoms with E-state index in [0.29, 0.717) is 16.9 Å². The molecule has 0 saturated carbocycles. The number of aromatic amines is 1. The Balaban J connectivity index is 1.99. The number of para-hydroxylation sites is 2. The molecule has 0 atom stereocenters. The zero-order valence-corrected chi connectivity index (χ0v) is 10.5. The van der Waals surface area contributed by atoms with Gasteiger partial charge in [0.1, 0.15) is 11.3 Å². The van der Waals surface area contributed by atoms with Crippen LogP contribution >= 0.6 is 0 Å². The number of fused-ring (bicyclic) bond motifs is 2. The normalized spacial score (nSPS) is 11.2. The van der Waals surface area contributed by atoms with Crippen LogP contribution in [-0.4, -0.2) is 20.1 Å². The minimum Gasteiger partial charge on any atom is -0.505 e. The smallest absolute Gasteiger partial charge is 0.152 e. The molecule has 4 aromatic rings. The van der Waals surface area contributed by atoms with Gasteiger partial charge in [0.15, 0.2) is 5.75 Å². The number of pyridine rings is 1. The largest absolute Gasteiger partial charge is 0.505 e. The number of nitrogens with zero attached hydrogens (tertiary/aromatic N) is 2. The minimum atomic E-state index is 0.155. The monoisotopic (exact) mass is 261 g/mol. The average molecular weight is 261 g/mol. The molecular weight excluding hydrogens is 250 g/mol. The lowest BCUT2D eigenvalue weighted by Crippen LogP contribution is -1.85. The van der Waals surface area contributed by atoms with E-state index in [1.165, 1.54) is 0 Å². The van der Waals surface area contributed by atoms with Gasteiger partial charge in [-0.25, -0.2) is 4.98 Å². The zero-order chi connectivity index (χ0) is 13.5. The van der Waals surface area contributed by atoms with Gasteiger partial charge in [0, 0.05) is 11.6 Å². The van der Waals surface area contributed by atoms with Crippen molar-refractivity contribution in [2.24, 2.45) is 0 Å². The average Bonchev–Trinajstić information content (AvgIpc) is 2.91. The summed E-state index contributed by atoms with van der Waals surface area (Å²) in [6.07, 6.45) is 1.67. The Kier molecular flexibility index (Phi) is 2.23. The molecule has 2 aromatic heterocycles. The minimum absolute atomic E-state index is 0.155. The van der Waals surface area contributed by atoms with Gasteiger partial charge in [0.05, 0.1) is 16.6 Å². The van der Waals surface area contributed by atoms with E-state index in [9.17, 15) is 5.11 Å². The molecule has 0 bridgehead atoms. The first-order chi connectivity index (χ1) is 9.83. The fourth-order valence-corrected chi connectivity index (χ4v) is 2.40. The van der Waals surface area contributed by atoms with Gasteiger partial charge in [-0.1, -0.05) is 24.3 Å². The van der Waals surface area contributed by atoms with E-state index < -0.39 is 0 Å². The first-order valence-electron chi connectivity index (χ1n) is 6.35. The molecular formula is C16H11N3O. The van der Waals surface area contributed by atoms with Crippen molar-refractivity contribution < 1.29 is 5.11 Å². The predicted molar refractivity (Wildman–Crippen MR) is 78.5 cm³/mol. The second-order valence-corrected chi connectivity index (χ2v) is 4.64. The summed E-state index contributed by atoms with van der Waals surface area (Å²) < 4.78 is 0. The van der Waals surface area contributed by atoms with Crippen LogP contribution in [-0.2, 0) is 0 Å². The standard InChI is InChI=1S/C16H11N3O/c20-15-11(8-7-10-4-3-9-17-14(10)15)16-18-12-5-1-2-6-13(12)19-16/h1-9,20H,(H,18,19). The third-order valence-corrected chi connectivity index (χ3v) is 3.39. The Bertz CT molecular complexity index is 894. The predicted octanol–water partition coefficient (Wildman–Crippen LogP) is 3.48. The molecule has 2 heterocycles. The van der Waals surface area contributed by atoms with Crippen molar-refractivity contribution in [1.82, 2.24) is 15.0 Å². The SMILES string of the molecule is Oc1c(-c2nc3ccccc3[nH]2)ccc2cccnc12. The van der Waals surface area contributed by atoms with Gasteiger partial charge in [0.2, 0.25) is 0 Å². The highest BCUT2D eigenvalue weighted by molar-refractivity contribution is 5.92. The van der Waals surface area contributed by atoms with Crippen molar-refractivity contribution in [2.75, 3.05) is 0 Å². The number of hydrogen-bond acceptors (Lipinski definition) is 3. The molecule has 2 aromatic carbocycles. The zero-order valence-electron chi connectivity index (χ0n) is 10.5. The fraction of sp³-hybridized carbons (Fsp3) is 0. The summed E-state index contributed by atoms with van der Waals surface area (Å²) in [5, 5.41) is 11.3. The summed E-state index contributed by atoms with van der Waals surface area (Å²) >= 11 is 0. The number of rotatable bonds is 1. The first-order valence-corrected chi connectivity index (χ1v) is 6.35. The molecule has 0 aliphatic rings. The number of phenolic OH excluding ortho intramolecular Hbond substituents is 1. The van der Waals surface area contributed by atoms with Crippen molar-refractivity contribution in [3.63, 3.8) is 0 Å². The summed E-state index contributed by atoms with van der Waals surface area (Å²) in [6, 6.07) is 15.4. The molecule has 4 rings (SSSR count). The number of phenols is 1. The van der Waals surface area contributed by atoms with Crippen LogP contribution < -0.4 is 0 Å². The van der Waals surface area contributed by atoms with Gasteiger partial charge in [-0.05, 0) is 24.3 Å². The van der Waals surface area contributed by atoms with Crippen LogP contribution in [0.1, 0.15) is 0 Å². The first kappa shape index (κ1) is 11.0. The van der Waals surface area contributed by atoms with Crippen LogP contribution in [0.5, 0.6) is 5.75 Å². The Labute approximate surface area is 114 Å². The molecule has 0 spiro atoms. The number of nitrogens with one attached hydrogen (secondary N) is 1. The summed E-state index contributed by atoms with van der Waals surface area (Å²) in [5.41, 5.74) is 3.07. The number of benzene rings is 2. The fourth-order valence-electron chi connectivity index (χ4n) is 2.40. The molecule has 0 fully saturated rings. The molecule has 20 heavy (non-hydrogen) atoms. The van der Waals surface area contributed by atoms with E-state index in [4.69, 9.17) is 0 Å². The number of aromatic nitrogens is 3. The number of imidazole rings is 1. The number of H-pyrrole nitrogens is 1. The van der Waals surface area contributed by atoms with E-state index in [2.05, 4.69) is 15.0 Å². The summed E-state index contributed by atoms with van der Waals surface area (Å²) in [5.74, 6) is 0.804. The maximum absolute atomic E-state index is 10.4. The maximum Gasteiger partial charge on any atom is 0.152 e. The Hall–Kier alpha value is -2.88.